The van der Waals surface area contributed by atoms with Gasteiger partial charge < -0.3 is 0 Å². The smallest absolute Gasteiger partial charge is 0.123 e. The second-order valence-corrected chi connectivity index (χ2v) is 6.61. The molecule has 1 aliphatic heterocycles. The van der Waals surface area contributed by atoms with Crippen LogP contribution in [0.25, 0.3) is 0 Å². The highest BCUT2D eigenvalue weighted by Gasteiger charge is 2.20. The van der Waals surface area contributed by atoms with Gasteiger partial charge in [0.1, 0.15) is 5.82 Å². The van der Waals surface area contributed by atoms with Crippen LogP contribution >= 0.6 is 11.3 Å². The van der Waals surface area contributed by atoms with E-state index in [1.54, 1.807) is 23.5 Å². The fourth-order valence-corrected chi connectivity index (χ4v) is 3.65. The predicted molar refractivity (Wildman–Crippen MR) is 84.8 cm³/mol. The van der Waals surface area contributed by atoms with Gasteiger partial charge in [-0.3, -0.25) is 4.90 Å². The van der Waals surface area contributed by atoms with Crippen molar-refractivity contribution < 1.29 is 4.39 Å². The Kier molecular flexibility index (Phi) is 4.99. The van der Waals surface area contributed by atoms with E-state index in [9.17, 15) is 4.39 Å². The van der Waals surface area contributed by atoms with Gasteiger partial charge >= 0.3 is 0 Å². The summed E-state index contributed by atoms with van der Waals surface area (Å²) in [6.07, 6.45) is 4.83. The molecule has 2 heterocycles. The molecule has 1 atom stereocenters. The number of aromatic nitrogens is 1. The molecule has 0 saturated carbocycles. The molecule has 0 radical (unpaired) electrons. The Balaban J connectivity index is 1.48. The van der Waals surface area contributed by atoms with Gasteiger partial charge in [-0.15, -0.1) is 11.3 Å². The average Bonchev–Trinajstić information content (AvgIpc) is 3.00. The molecule has 21 heavy (non-hydrogen) atoms. The first-order chi connectivity index (χ1) is 10.3. The maximum Gasteiger partial charge on any atom is 0.123 e. The number of benzene rings is 1. The number of hydrogen-bond acceptors (Lipinski definition) is 3. The normalized spacial score (nSPS) is 19.8. The molecule has 1 aliphatic rings. The van der Waals surface area contributed by atoms with Gasteiger partial charge in [-0.05, 0) is 55.8 Å². The lowest BCUT2D eigenvalue weighted by Crippen LogP contribution is -2.35. The molecule has 1 aromatic heterocycles. The molecule has 0 spiro atoms. The minimum Gasteiger partial charge on any atom is -0.297 e. The average molecular weight is 304 g/mol. The van der Waals surface area contributed by atoms with E-state index < -0.39 is 0 Å². The summed E-state index contributed by atoms with van der Waals surface area (Å²) in [4.78, 5) is 6.90. The Hall–Kier alpha value is -1.26. The van der Waals surface area contributed by atoms with Crippen molar-refractivity contribution >= 4 is 11.3 Å². The van der Waals surface area contributed by atoms with Crippen LogP contribution in [0, 0.1) is 11.7 Å². The molecule has 1 aromatic carbocycles. The number of aryl methyl sites for hydroxylation is 1. The van der Waals surface area contributed by atoms with Gasteiger partial charge in [-0.25, -0.2) is 9.37 Å². The zero-order chi connectivity index (χ0) is 14.5. The van der Waals surface area contributed by atoms with E-state index >= 15 is 0 Å². The third-order valence-electron chi connectivity index (χ3n) is 4.23. The van der Waals surface area contributed by atoms with Gasteiger partial charge in [0.05, 0.1) is 11.2 Å². The van der Waals surface area contributed by atoms with Crippen molar-refractivity contribution in [3.63, 3.8) is 0 Å². The Morgan fingerprint density at radius 1 is 1.29 bits per heavy atom. The standard InChI is InChI=1S/C17H21FN2S/c18-16-7-5-14(6-8-16)3-4-15-2-1-9-20(10-15)11-17-12-21-13-19-17/h5-8,12-13,15H,1-4,9-11H2. The second kappa shape index (κ2) is 7.14. The Bertz CT molecular complexity index is 538. The molecular weight excluding hydrogens is 283 g/mol. The van der Waals surface area contributed by atoms with E-state index in [-0.39, 0.29) is 5.82 Å². The molecule has 1 unspecified atom stereocenters. The van der Waals surface area contributed by atoms with E-state index in [0.29, 0.717) is 0 Å². The van der Waals surface area contributed by atoms with Crippen molar-refractivity contribution in [2.45, 2.75) is 32.2 Å². The highest BCUT2D eigenvalue weighted by molar-refractivity contribution is 7.07. The number of hydrogen-bond donors (Lipinski definition) is 0. The summed E-state index contributed by atoms with van der Waals surface area (Å²) in [6, 6.07) is 6.94. The summed E-state index contributed by atoms with van der Waals surface area (Å²) in [6.45, 7) is 3.33. The van der Waals surface area contributed by atoms with Crippen molar-refractivity contribution in [2.24, 2.45) is 5.92 Å². The van der Waals surface area contributed by atoms with Crippen LogP contribution in [0.5, 0.6) is 0 Å². The number of nitrogens with zero attached hydrogens (tertiary/aromatic N) is 2. The summed E-state index contributed by atoms with van der Waals surface area (Å²) in [5.74, 6) is 0.605. The van der Waals surface area contributed by atoms with Crippen molar-refractivity contribution in [3.8, 4) is 0 Å². The number of halogens is 1. The first kappa shape index (κ1) is 14.7. The molecular formula is C17H21FN2S. The highest BCUT2D eigenvalue weighted by Crippen LogP contribution is 2.23. The third kappa shape index (κ3) is 4.35. The van der Waals surface area contributed by atoms with E-state index in [4.69, 9.17) is 0 Å². The summed E-state index contributed by atoms with van der Waals surface area (Å²) in [7, 11) is 0. The molecule has 2 nitrogen and oxygen atoms in total. The van der Waals surface area contributed by atoms with Crippen molar-refractivity contribution in [2.75, 3.05) is 13.1 Å². The molecule has 4 heteroatoms. The van der Waals surface area contributed by atoms with Crippen molar-refractivity contribution in [1.29, 1.82) is 0 Å². The van der Waals surface area contributed by atoms with Crippen LogP contribution in [0.2, 0.25) is 0 Å². The lowest BCUT2D eigenvalue weighted by atomic mass is 9.91. The fourth-order valence-electron chi connectivity index (χ4n) is 3.10. The number of rotatable bonds is 5. The fraction of sp³-hybridized carbons (Fsp3) is 0.471. The van der Waals surface area contributed by atoms with Gasteiger partial charge in [0, 0.05) is 18.5 Å². The van der Waals surface area contributed by atoms with Gasteiger partial charge in [0.25, 0.3) is 0 Å². The molecule has 0 N–H and O–H groups in total. The lowest BCUT2D eigenvalue weighted by molar-refractivity contribution is 0.160. The van der Waals surface area contributed by atoms with Crippen LogP contribution in [0.15, 0.2) is 35.2 Å². The molecule has 0 bridgehead atoms. The second-order valence-electron chi connectivity index (χ2n) is 5.89. The molecule has 0 aliphatic carbocycles. The van der Waals surface area contributed by atoms with Crippen LogP contribution in [-0.4, -0.2) is 23.0 Å². The highest BCUT2D eigenvalue weighted by atomic mass is 32.1. The quantitative estimate of drug-likeness (QED) is 0.826. The molecule has 0 amide bonds. The first-order valence-corrected chi connectivity index (χ1v) is 8.58. The monoisotopic (exact) mass is 304 g/mol. The predicted octanol–water partition coefficient (Wildman–Crippen LogP) is 4.13. The Labute approximate surface area is 129 Å². The van der Waals surface area contributed by atoms with E-state index in [0.717, 1.165) is 18.9 Å². The Morgan fingerprint density at radius 3 is 2.90 bits per heavy atom. The molecule has 1 fully saturated rings. The summed E-state index contributed by atoms with van der Waals surface area (Å²) < 4.78 is 12.9. The van der Waals surface area contributed by atoms with Crippen LogP contribution < -0.4 is 0 Å². The SMILES string of the molecule is Fc1ccc(CCC2CCCN(Cc3cscn3)C2)cc1. The lowest BCUT2D eigenvalue weighted by Gasteiger charge is -2.32. The number of piperidine rings is 1. The van der Waals surface area contributed by atoms with Crippen LogP contribution in [0.1, 0.15) is 30.5 Å². The molecule has 3 rings (SSSR count). The molecule has 112 valence electrons. The summed E-state index contributed by atoms with van der Waals surface area (Å²) >= 11 is 1.67. The van der Waals surface area contributed by atoms with Gasteiger partial charge in [0.2, 0.25) is 0 Å². The van der Waals surface area contributed by atoms with E-state index in [2.05, 4.69) is 15.3 Å². The third-order valence-corrected chi connectivity index (χ3v) is 4.86. The van der Waals surface area contributed by atoms with Gasteiger partial charge in [-0.1, -0.05) is 12.1 Å². The maximum atomic E-state index is 12.9. The largest absolute Gasteiger partial charge is 0.297 e. The molecule has 1 saturated heterocycles. The van der Waals surface area contributed by atoms with Crippen molar-refractivity contribution in [3.05, 3.63) is 52.2 Å². The number of thiazole rings is 1. The maximum absolute atomic E-state index is 12.9. The van der Waals surface area contributed by atoms with Crippen LogP contribution in [-0.2, 0) is 13.0 Å². The Morgan fingerprint density at radius 2 is 2.14 bits per heavy atom. The minimum absolute atomic E-state index is 0.147. The summed E-state index contributed by atoms with van der Waals surface area (Å²) in [5.41, 5.74) is 4.35. The molecule has 2 aromatic rings. The van der Waals surface area contributed by atoms with E-state index in [1.807, 2.05) is 17.6 Å². The zero-order valence-corrected chi connectivity index (χ0v) is 13.0. The number of likely N-dealkylation sites (tertiary alicyclic amines) is 1. The van der Waals surface area contributed by atoms with Gasteiger partial charge in [0.15, 0.2) is 0 Å². The topological polar surface area (TPSA) is 16.1 Å². The summed E-state index contributed by atoms with van der Waals surface area (Å²) in [5, 5.41) is 2.14. The van der Waals surface area contributed by atoms with Crippen molar-refractivity contribution in [1.82, 2.24) is 9.88 Å². The van der Waals surface area contributed by atoms with E-state index in [1.165, 1.54) is 43.6 Å². The van der Waals surface area contributed by atoms with Gasteiger partial charge in [-0.2, -0.15) is 0 Å². The zero-order valence-electron chi connectivity index (χ0n) is 12.2. The minimum atomic E-state index is -0.147. The van der Waals surface area contributed by atoms with Crippen LogP contribution in [0.3, 0.4) is 0 Å². The van der Waals surface area contributed by atoms with Crippen LogP contribution in [0.4, 0.5) is 4.39 Å². The first-order valence-electron chi connectivity index (χ1n) is 7.63.